The number of hydrogen-bond donors (Lipinski definition) is 2. The quantitative estimate of drug-likeness (QED) is 0.785. The predicted octanol–water partition coefficient (Wildman–Crippen LogP) is 2.84. The molecule has 2 amide bonds. The SMILES string of the molecule is CCC(C)(C)CNC(=O)C(=O)Nc1ccc(-c2cnco2)c(OC)c1. The Kier molecular flexibility index (Phi) is 5.80. The molecule has 2 aromatic rings. The van der Waals surface area contributed by atoms with Gasteiger partial charge in [0.2, 0.25) is 0 Å². The van der Waals surface area contributed by atoms with Crippen LogP contribution >= 0.6 is 0 Å². The molecule has 0 bridgehead atoms. The van der Waals surface area contributed by atoms with E-state index in [-0.39, 0.29) is 5.41 Å². The van der Waals surface area contributed by atoms with Gasteiger partial charge in [-0.05, 0) is 24.0 Å². The van der Waals surface area contributed by atoms with Crippen LogP contribution in [-0.2, 0) is 9.59 Å². The third-order valence-electron chi connectivity index (χ3n) is 4.05. The summed E-state index contributed by atoms with van der Waals surface area (Å²) in [4.78, 5) is 27.8. The standard InChI is InChI=1S/C18H23N3O4/c1-5-18(2,3)10-20-16(22)17(23)21-12-6-7-13(14(8-12)24-4)15-9-19-11-25-15/h6-9,11H,5,10H2,1-4H3,(H,20,22)(H,21,23). The number of anilines is 1. The molecule has 0 atom stereocenters. The summed E-state index contributed by atoms with van der Waals surface area (Å²) in [6.07, 6.45) is 3.79. The van der Waals surface area contributed by atoms with Crippen molar-refractivity contribution in [2.24, 2.45) is 5.41 Å². The van der Waals surface area contributed by atoms with Gasteiger partial charge in [0.1, 0.15) is 5.75 Å². The molecule has 0 saturated heterocycles. The zero-order chi connectivity index (χ0) is 18.4. The molecule has 2 rings (SSSR count). The lowest BCUT2D eigenvalue weighted by atomic mass is 9.90. The third kappa shape index (κ3) is 4.82. The van der Waals surface area contributed by atoms with E-state index in [0.29, 0.717) is 29.3 Å². The number of hydrogen-bond acceptors (Lipinski definition) is 5. The van der Waals surface area contributed by atoms with Gasteiger partial charge in [-0.15, -0.1) is 0 Å². The normalized spacial score (nSPS) is 11.0. The summed E-state index contributed by atoms with van der Waals surface area (Å²) in [7, 11) is 1.51. The van der Waals surface area contributed by atoms with E-state index >= 15 is 0 Å². The van der Waals surface area contributed by atoms with Gasteiger partial charge in [-0.25, -0.2) is 4.98 Å². The summed E-state index contributed by atoms with van der Waals surface area (Å²) >= 11 is 0. The molecule has 1 heterocycles. The Morgan fingerprint density at radius 1 is 1.28 bits per heavy atom. The van der Waals surface area contributed by atoms with Gasteiger partial charge in [-0.2, -0.15) is 0 Å². The van der Waals surface area contributed by atoms with Gasteiger partial charge in [-0.3, -0.25) is 9.59 Å². The maximum absolute atomic E-state index is 12.0. The van der Waals surface area contributed by atoms with Crippen molar-refractivity contribution in [2.45, 2.75) is 27.2 Å². The summed E-state index contributed by atoms with van der Waals surface area (Å²) in [6, 6.07) is 5.02. The largest absolute Gasteiger partial charge is 0.496 e. The molecule has 0 saturated carbocycles. The van der Waals surface area contributed by atoms with Crippen LogP contribution in [0.3, 0.4) is 0 Å². The van der Waals surface area contributed by atoms with E-state index in [0.717, 1.165) is 6.42 Å². The number of rotatable bonds is 6. The second kappa shape index (κ2) is 7.83. The first-order valence-corrected chi connectivity index (χ1v) is 8.02. The first-order valence-electron chi connectivity index (χ1n) is 8.02. The molecule has 7 heteroatoms. The van der Waals surface area contributed by atoms with E-state index in [1.807, 2.05) is 20.8 Å². The highest BCUT2D eigenvalue weighted by atomic mass is 16.5. The number of benzene rings is 1. The number of ether oxygens (including phenoxy) is 1. The zero-order valence-electron chi connectivity index (χ0n) is 14.9. The van der Waals surface area contributed by atoms with Gasteiger partial charge in [0.25, 0.3) is 0 Å². The molecule has 7 nitrogen and oxygen atoms in total. The van der Waals surface area contributed by atoms with E-state index in [9.17, 15) is 9.59 Å². The molecule has 0 aliphatic carbocycles. The topological polar surface area (TPSA) is 93.5 Å². The van der Waals surface area contributed by atoms with Crippen molar-refractivity contribution in [1.29, 1.82) is 0 Å². The second-order valence-electron chi connectivity index (χ2n) is 6.44. The van der Waals surface area contributed by atoms with E-state index in [4.69, 9.17) is 9.15 Å². The van der Waals surface area contributed by atoms with Crippen LogP contribution in [0.2, 0.25) is 0 Å². The minimum absolute atomic E-state index is 0.0577. The van der Waals surface area contributed by atoms with Crippen molar-refractivity contribution in [3.05, 3.63) is 30.8 Å². The zero-order valence-corrected chi connectivity index (χ0v) is 14.9. The fourth-order valence-corrected chi connectivity index (χ4v) is 2.03. The molecule has 0 radical (unpaired) electrons. The van der Waals surface area contributed by atoms with Crippen LogP contribution in [0, 0.1) is 5.41 Å². The Labute approximate surface area is 146 Å². The molecule has 0 aliphatic heterocycles. The van der Waals surface area contributed by atoms with Crippen LogP contribution < -0.4 is 15.4 Å². The maximum atomic E-state index is 12.0. The van der Waals surface area contributed by atoms with Crippen molar-refractivity contribution in [2.75, 3.05) is 19.0 Å². The van der Waals surface area contributed by atoms with Crippen molar-refractivity contribution in [3.8, 4) is 17.1 Å². The Morgan fingerprint density at radius 3 is 2.64 bits per heavy atom. The van der Waals surface area contributed by atoms with Gasteiger partial charge in [0, 0.05) is 18.3 Å². The first kappa shape index (κ1) is 18.5. The number of nitrogens with zero attached hydrogens (tertiary/aromatic N) is 1. The van der Waals surface area contributed by atoms with Gasteiger partial charge >= 0.3 is 11.8 Å². The van der Waals surface area contributed by atoms with E-state index in [1.165, 1.54) is 13.5 Å². The first-order chi connectivity index (χ1) is 11.9. The van der Waals surface area contributed by atoms with E-state index in [2.05, 4.69) is 15.6 Å². The molecule has 2 N–H and O–H groups in total. The molecule has 134 valence electrons. The average Bonchev–Trinajstić information content (AvgIpc) is 3.13. The molecule has 0 unspecified atom stereocenters. The minimum Gasteiger partial charge on any atom is -0.496 e. The summed E-state index contributed by atoms with van der Waals surface area (Å²) < 4.78 is 10.6. The lowest BCUT2D eigenvalue weighted by Crippen LogP contribution is -2.40. The molecule has 1 aromatic heterocycles. The summed E-state index contributed by atoms with van der Waals surface area (Å²) in [5, 5.41) is 5.22. The number of carbonyl (C=O) groups excluding carboxylic acids is 2. The summed E-state index contributed by atoms with van der Waals surface area (Å²) in [5.41, 5.74) is 1.10. The Hall–Kier alpha value is -2.83. The Bertz CT molecular complexity index is 739. The van der Waals surface area contributed by atoms with Crippen LogP contribution in [0.4, 0.5) is 5.69 Å². The number of aromatic nitrogens is 1. The monoisotopic (exact) mass is 345 g/mol. The smallest absolute Gasteiger partial charge is 0.313 e. The highest BCUT2D eigenvalue weighted by Crippen LogP contribution is 2.32. The molecule has 0 fully saturated rings. The molecular weight excluding hydrogens is 322 g/mol. The van der Waals surface area contributed by atoms with Crippen LogP contribution in [0.15, 0.2) is 35.2 Å². The van der Waals surface area contributed by atoms with Gasteiger partial charge < -0.3 is 19.8 Å². The fourth-order valence-electron chi connectivity index (χ4n) is 2.03. The Balaban J connectivity index is 2.05. The average molecular weight is 345 g/mol. The number of methoxy groups -OCH3 is 1. The summed E-state index contributed by atoms with van der Waals surface area (Å²) in [6.45, 7) is 6.52. The van der Waals surface area contributed by atoms with Crippen molar-refractivity contribution in [3.63, 3.8) is 0 Å². The van der Waals surface area contributed by atoms with E-state index in [1.54, 1.807) is 24.4 Å². The molecule has 25 heavy (non-hydrogen) atoms. The minimum atomic E-state index is -0.721. The fraction of sp³-hybridized carbons (Fsp3) is 0.389. The molecular formula is C18H23N3O4. The van der Waals surface area contributed by atoms with Crippen LogP contribution in [0.5, 0.6) is 5.75 Å². The lowest BCUT2D eigenvalue weighted by Gasteiger charge is -2.22. The molecule has 0 spiro atoms. The highest BCUT2D eigenvalue weighted by Gasteiger charge is 2.20. The number of amides is 2. The maximum Gasteiger partial charge on any atom is 0.313 e. The van der Waals surface area contributed by atoms with E-state index < -0.39 is 11.8 Å². The van der Waals surface area contributed by atoms with Crippen molar-refractivity contribution in [1.82, 2.24) is 10.3 Å². The molecule has 0 aliphatic rings. The van der Waals surface area contributed by atoms with Crippen LogP contribution in [0.1, 0.15) is 27.2 Å². The number of nitrogens with one attached hydrogen (secondary N) is 2. The second-order valence-corrected chi connectivity index (χ2v) is 6.44. The van der Waals surface area contributed by atoms with Crippen molar-refractivity contribution >= 4 is 17.5 Å². The van der Waals surface area contributed by atoms with Gasteiger partial charge in [-0.1, -0.05) is 20.8 Å². The van der Waals surface area contributed by atoms with Gasteiger partial charge in [0.05, 0.1) is 18.9 Å². The predicted molar refractivity (Wildman–Crippen MR) is 94.2 cm³/mol. The number of carbonyl (C=O) groups is 2. The van der Waals surface area contributed by atoms with Gasteiger partial charge in [0.15, 0.2) is 12.2 Å². The number of oxazole rings is 1. The summed E-state index contributed by atoms with van der Waals surface area (Å²) in [5.74, 6) is -0.336. The molecule has 1 aromatic carbocycles. The van der Waals surface area contributed by atoms with Crippen LogP contribution in [0.25, 0.3) is 11.3 Å². The van der Waals surface area contributed by atoms with Crippen LogP contribution in [-0.4, -0.2) is 30.5 Å². The lowest BCUT2D eigenvalue weighted by molar-refractivity contribution is -0.136. The third-order valence-corrected chi connectivity index (χ3v) is 4.05. The Morgan fingerprint density at radius 2 is 2.04 bits per heavy atom. The van der Waals surface area contributed by atoms with Crippen molar-refractivity contribution < 1.29 is 18.7 Å². The highest BCUT2D eigenvalue weighted by molar-refractivity contribution is 6.39.